The normalized spacial score (nSPS) is 11.4. The first-order valence-electron chi connectivity index (χ1n) is 21.7. The molecule has 12 heteroatoms. The van der Waals surface area contributed by atoms with Gasteiger partial charge in [0, 0.05) is 12.1 Å². The van der Waals surface area contributed by atoms with Crippen molar-refractivity contribution >= 4 is 20.2 Å². The van der Waals surface area contributed by atoms with Gasteiger partial charge in [0.2, 0.25) is 0 Å². The molecule has 0 atom stereocenters. The van der Waals surface area contributed by atoms with Crippen LogP contribution in [-0.4, -0.2) is 63.9 Å². The molecule has 2 aromatic carbocycles. The molecule has 58 heavy (non-hydrogen) atoms. The van der Waals surface area contributed by atoms with Crippen molar-refractivity contribution in [2.75, 3.05) is 37.9 Å². The number of rotatable bonds is 34. The highest BCUT2D eigenvalue weighted by Gasteiger charge is 2.13. The quantitative estimate of drug-likeness (QED) is 0.0396. The Morgan fingerprint density at radius 3 is 1.28 bits per heavy atom. The van der Waals surface area contributed by atoms with Crippen molar-refractivity contribution in [3.05, 3.63) is 47.0 Å². The topological polar surface area (TPSA) is 146 Å². The number of unbranched alkanes of at least 4 members (excludes halogenated alkanes) is 18. The van der Waals surface area contributed by atoms with Gasteiger partial charge in [-0.05, 0) is 43.9 Å². The summed E-state index contributed by atoms with van der Waals surface area (Å²) in [5, 5.41) is 0. The summed E-state index contributed by atoms with van der Waals surface area (Å²) in [4.78, 5) is 0. The van der Waals surface area contributed by atoms with Crippen molar-refractivity contribution in [1.29, 1.82) is 0 Å². The molecule has 0 saturated heterocycles. The molecule has 0 aliphatic heterocycles. The summed E-state index contributed by atoms with van der Waals surface area (Å²) in [5.41, 5.74) is 1.58. The molecule has 0 saturated carbocycles. The highest BCUT2D eigenvalue weighted by Crippen LogP contribution is 2.30. The molecule has 0 aliphatic rings. The molecule has 0 radical (unpaired) electrons. The van der Waals surface area contributed by atoms with Crippen LogP contribution in [0.25, 0.3) is 0 Å². The lowest BCUT2D eigenvalue weighted by Gasteiger charge is -2.14. The van der Waals surface area contributed by atoms with Crippen molar-refractivity contribution in [3.63, 3.8) is 0 Å². The number of hydrogen-bond donors (Lipinski definition) is 2. The van der Waals surface area contributed by atoms with Gasteiger partial charge in [-0.15, -0.1) is 6.42 Å². The van der Waals surface area contributed by atoms with Gasteiger partial charge in [-0.1, -0.05) is 147 Å². The second kappa shape index (κ2) is 30.6. The summed E-state index contributed by atoms with van der Waals surface area (Å²) in [5.74, 6) is 10.1. The second-order valence-corrected chi connectivity index (χ2v) is 18.1. The average Bonchev–Trinajstić information content (AvgIpc) is 3.18. The summed E-state index contributed by atoms with van der Waals surface area (Å²) in [6, 6.07) is 8.51. The van der Waals surface area contributed by atoms with Crippen molar-refractivity contribution in [1.82, 2.24) is 0 Å². The third-order valence-corrected chi connectivity index (χ3v) is 11.3. The minimum absolute atomic E-state index is 0.00403. The smallest absolute Gasteiger partial charge is 0.264 e. The fourth-order valence-electron chi connectivity index (χ4n) is 6.36. The van der Waals surface area contributed by atoms with Crippen LogP contribution in [0.5, 0.6) is 23.0 Å². The van der Waals surface area contributed by atoms with E-state index < -0.39 is 31.7 Å². The Morgan fingerprint density at radius 1 is 0.466 bits per heavy atom. The predicted octanol–water partition coefficient (Wildman–Crippen LogP) is 11.0. The van der Waals surface area contributed by atoms with Crippen molar-refractivity contribution in [2.45, 2.75) is 155 Å². The zero-order chi connectivity index (χ0) is 42.3. The van der Waals surface area contributed by atoms with Gasteiger partial charge >= 0.3 is 0 Å². The summed E-state index contributed by atoms with van der Waals surface area (Å²) in [6.45, 7) is 5.54. The molecule has 0 aliphatic carbocycles. The molecular weight excluding hydrogens is 777 g/mol. The molecule has 2 aromatic rings. The summed E-state index contributed by atoms with van der Waals surface area (Å²) in [6.07, 6.45) is 30.4. The van der Waals surface area contributed by atoms with Crippen molar-refractivity contribution < 1.29 is 44.9 Å². The van der Waals surface area contributed by atoms with Crippen molar-refractivity contribution in [3.8, 4) is 47.2 Å². The van der Waals surface area contributed by atoms with Gasteiger partial charge in [0.05, 0.1) is 54.6 Å². The molecule has 0 amide bonds. The Bertz CT molecular complexity index is 1750. The summed E-state index contributed by atoms with van der Waals surface area (Å²) in [7, 11) is -8.27. The molecule has 0 unspecified atom stereocenters. The highest BCUT2D eigenvalue weighted by atomic mass is 32.2. The lowest BCUT2D eigenvalue weighted by atomic mass is 10.1. The average molecular weight is 847 g/mol. The van der Waals surface area contributed by atoms with Gasteiger partial charge in [-0.3, -0.25) is 9.11 Å². The first kappa shape index (κ1) is 50.7. The maximum absolute atomic E-state index is 11.2. The zero-order valence-corrected chi connectivity index (χ0v) is 36.9. The molecule has 0 spiro atoms. The first-order chi connectivity index (χ1) is 28.0. The minimum Gasteiger partial charge on any atom is -0.494 e. The van der Waals surface area contributed by atoms with Gasteiger partial charge in [0.25, 0.3) is 20.2 Å². The Balaban J connectivity index is 2.24. The van der Waals surface area contributed by atoms with E-state index in [0.29, 0.717) is 52.9 Å². The third-order valence-electron chi connectivity index (χ3n) is 9.65. The fourth-order valence-corrected chi connectivity index (χ4v) is 7.33. The van der Waals surface area contributed by atoms with Gasteiger partial charge in [-0.2, -0.15) is 16.8 Å². The van der Waals surface area contributed by atoms with Gasteiger partial charge < -0.3 is 18.9 Å². The van der Waals surface area contributed by atoms with Crippen LogP contribution in [0.15, 0.2) is 30.3 Å². The Labute approximate surface area is 351 Å². The molecule has 2 rings (SSSR count). The molecule has 0 heterocycles. The van der Waals surface area contributed by atoms with Crippen LogP contribution in [0.4, 0.5) is 0 Å². The predicted molar refractivity (Wildman–Crippen MR) is 235 cm³/mol. The van der Waals surface area contributed by atoms with Crippen molar-refractivity contribution in [2.24, 2.45) is 0 Å². The van der Waals surface area contributed by atoms with E-state index in [-0.39, 0.29) is 26.1 Å². The molecule has 10 nitrogen and oxygen atoms in total. The number of hydrogen-bond acceptors (Lipinski definition) is 8. The van der Waals surface area contributed by atoms with Crippen LogP contribution in [0.2, 0.25) is 0 Å². The van der Waals surface area contributed by atoms with E-state index in [1.807, 2.05) is 6.07 Å². The van der Waals surface area contributed by atoms with Crippen LogP contribution in [0, 0.1) is 24.2 Å². The van der Waals surface area contributed by atoms with E-state index >= 15 is 0 Å². The molecular formula is C46H70O10S2. The Morgan fingerprint density at radius 2 is 0.828 bits per heavy atom. The zero-order valence-electron chi connectivity index (χ0n) is 35.2. The number of terminal acetylenes is 1. The van der Waals surface area contributed by atoms with E-state index in [1.54, 1.807) is 24.3 Å². The van der Waals surface area contributed by atoms with Gasteiger partial charge in [0.1, 0.15) is 23.0 Å². The van der Waals surface area contributed by atoms with Crippen LogP contribution in [0.1, 0.15) is 172 Å². The second-order valence-electron chi connectivity index (χ2n) is 14.9. The SMILES string of the molecule is C#Cc1cc(OCCCCCCCCCCCC)c(C#Cc2cc(OCCCS(=O)(=O)O)ccc2OCCCS(=O)(=O)O)cc1OCCCCCCCCCCCC. The van der Waals surface area contributed by atoms with Crippen LogP contribution >= 0.6 is 0 Å². The summed E-state index contributed by atoms with van der Waals surface area (Å²) < 4.78 is 87.2. The fraction of sp³-hybridized carbons (Fsp3) is 0.652. The lowest BCUT2D eigenvalue weighted by Crippen LogP contribution is -2.09. The van der Waals surface area contributed by atoms with E-state index in [4.69, 9.17) is 34.5 Å². The lowest BCUT2D eigenvalue weighted by molar-refractivity contribution is 0.295. The number of benzene rings is 2. The van der Waals surface area contributed by atoms with Crippen LogP contribution in [0.3, 0.4) is 0 Å². The van der Waals surface area contributed by atoms with Gasteiger partial charge in [-0.25, -0.2) is 0 Å². The van der Waals surface area contributed by atoms with E-state index in [0.717, 1.165) is 32.1 Å². The van der Waals surface area contributed by atoms with E-state index in [1.165, 1.54) is 96.3 Å². The number of ether oxygens (including phenoxy) is 4. The maximum atomic E-state index is 11.2. The maximum Gasteiger partial charge on any atom is 0.264 e. The van der Waals surface area contributed by atoms with Gasteiger partial charge in [0.15, 0.2) is 0 Å². The van der Waals surface area contributed by atoms with Crippen LogP contribution in [-0.2, 0) is 20.2 Å². The highest BCUT2D eigenvalue weighted by molar-refractivity contribution is 7.86. The molecule has 2 N–H and O–H groups in total. The molecule has 0 bridgehead atoms. The summed E-state index contributed by atoms with van der Waals surface area (Å²) >= 11 is 0. The van der Waals surface area contributed by atoms with E-state index in [2.05, 4.69) is 31.6 Å². The third kappa shape index (κ3) is 25.2. The largest absolute Gasteiger partial charge is 0.494 e. The molecule has 326 valence electrons. The minimum atomic E-state index is -4.15. The standard InChI is InChI=1S/C46H70O10S2/c1-4-7-9-11-13-15-17-19-21-23-31-55-45-39-42(46(38-40(45)6-3)56-32-24-22-20-18-16-14-12-10-8-5-2)28-27-41-37-43(53-33-25-35-57(47,48)49)29-30-44(41)54-34-26-36-58(50,51)52/h3,29-30,37-39H,4-5,7-26,31-36H2,1-2H3,(H,47,48,49)(H,50,51,52). The Hall–Kier alpha value is -3.42. The Kier molecular flexibility index (Phi) is 26.8. The van der Waals surface area contributed by atoms with Crippen LogP contribution < -0.4 is 18.9 Å². The monoisotopic (exact) mass is 846 g/mol. The molecule has 0 fully saturated rings. The van der Waals surface area contributed by atoms with E-state index in [9.17, 15) is 16.8 Å². The molecule has 0 aromatic heterocycles. The first-order valence-corrected chi connectivity index (χ1v) is 24.9.